The van der Waals surface area contributed by atoms with Crippen LogP contribution in [0.1, 0.15) is 40.5 Å². The van der Waals surface area contributed by atoms with Gasteiger partial charge in [-0.15, -0.1) is 0 Å². The minimum absolute atomic E-state index is 0.0132. The Bertz CT molecular complexity index is 1000. The fourth-order valence-corrected chi connectivity index (χ4v) is 3.77. The number of likely N-dealkylation sites (tertiary alicyclic amines) is 1. The highest BCUT2D eigenvalue weighted by atomic mass is 16.2. The van der Waals surface area contributed by atoms with Gasteiger partial charge in [0, 0.05) is 12.2 Å². The average Bonchev–Trinajstić information content (AvgIpc) is 3.10. The molecule has 0 bridgehead atoms. The number of aryl methyl sites for hydroxylation is 1. The van der Waals surface area contributed by atoms with Gasteiger partial charge in [0.2, 0.25) is 0 Å². The van der Waals surface area contributed by atoms with Crippen molar-refractivity contribution in [3.05, 3.63) is 81.8 Å². The zero-order valence-electron chi connectivity index (χ0n) is 14.2. The van der Waals surface area contributed by atoms with Crippen LogP contribution in [0.2, 0.25) is 0 Å². The molecule has 1 aliphatic heterocycles. The van der Waals surface area contributed by atoms with E-state index in [2.05, 4.69) is 29.2 Å². The molecule has 3 aromatic rings. The number of aromatic nitrogens is 1. The highest BCUT2D eigenvalue weighted by Gasteiger charge is 2.32. The van der Waals surface area contributed by atoms with Crippen molar-refractivity contribution in [1.29, 1.82) is 0 Å². The molecule has 1 fully saturated rings. The lowest BCUT2D eigenvalue weighted by atomic mass is 9.97. The van der Waals surface area contributed by atoms with Crippen LogP contribution in [0.15, 0.2) is 59.4 Å². The maximum absolute atomic E-state index is 13.0. The second-order valence-electron chi connectivity index (χ2n) is 6.61. The number of carbonyl (C=O) groups excluding carboxylic acids is 1. The average molecular weight is 332 g/mol. The second-order valence-corrected chi connectivity index (χ2v) is 6.61. The Morgan fingerprint density at radius 1 is 1.08 bits per heavy atom. The van der Waals surface area contributed by atoms with Gasteiger partial charge in [0.05, 0.1) is 6.04 Å². The number of nitrogens with one attached hydrogen (secondary N) is 1. The minimum Gasteiger partial charge on any atom is -0.331 e. The molecule has 0 unspecified atom stereocenters. The normalized spacial score (nSPS) is 17.2. The van der Waals surface area contributed by atoms with Crippen LogP contribution < -0.4 is 5.56 Å². The van der Waals surface area contributed by atoms with Crippen LogP contribution in [-0.4, -0.2) is 22.3 Å². The number of benzene rings is 2. The molecule has 0 aliphatic carbocycles. The van der Waals surface area contributed by atoms with Crippen LogP contribution in [0.25, 0.3) is 10.8 Å². The fourth-order valence-electron chi connectivity index (χ4n) is 3.77. The summed E-state index contributed by atoms with van der Waals surface area (Å²) in [6, 6.07) is 17.9. The van der Waals surface area contributed by atoms with E-state index in [0.717, 1.165) is 24.1 Å². The standard InChI is InChI=1S/C21H20N2O2/c1-14-11-12-18(20(24)22-14)21(25)23-13-5-10-19(23)17-9-4-7-15-6-2-3-8-16(15)17/h2-4,6-9,11-12,19H,5,10,13H2,1H3,(H,22,24)/t19-/m0/s1. The molecule has 1 atom stereocenters. The van der Waals surface area contributed by atoms with Crippen molar-refractivity contribution in [2.45, 2.75) is 25.8 Å². The summed E-state index contributed by atoms with van der Waals surface area (Å²) >= 11 is 0. The molecule has 1 N–H and O–H groups in total. The molecule has 4 rings (SSSR count). The molecule has 2 heterocycles. The van der Waals surface area contributed by atoms with Crippen molar-refractivity contribution in [1.82, 2.24) is 9.88 Å². The highest BCUT2D eigenvalue weighted by molar-refractivity contribution is 5.95. The van der Waals surface area contributed by atoms with Crippen molar-refractivity contribution >= 4 is 16.7 Å². The lowest BCUT2D eigenvalue weighted by Crippen LogP contribution is -2.34. The van der Waals surface area contributed by atoms with Crippen molar-refractivity contribution < 1.29 is 4.79 Å². The predicted molar refractivity (Wildman–Crippen MR) is 98.8 cm³/mol. The summed E-state index contributed by atoms with van der Waals surface area (Å²) in [6.45, 7) is 2.49. The monoisotopic (exact) mass is 332 g/mol. The van der Waals surface area contributed by atoms with Gasteiger partial charge in [-0.3, -0.25) is 9.59 Å². The summed E-state index contributed by atoms with van der Waals surface area (Å²) in [5.74, 6) is -0.184. The van der Waals surface area contributed by atoms with Crippen LogP contribution in [0.4, 0.5) is 0 Å². The van der Waals surface area contributed by atoms with Gasteiger partial charge in [-0.2, -0.15) is 0 Å². The van der Waals surface area contributed by atoms with Gasteiger partial charge in [0.15, 0.2) is 0 Å². The second kappa shape index (κ2) is 6.20. The first-order valence-corrected chi connectivity index (χ1v) is 8.64. The lowest BCUT2D eigenvalue weighted by molar-refractivity contribution is 0.0734. The molecule has 1 saturated heterocycles. The van der Waals surface area contributed by atoms with E-state index in [-0.39, 0.29) is 23.1 Å². The van der Waals surface area contributed by atoms with Crippen molar-refractivity contribution in [3.8, 4) is 0 Å². The fraction of sp³-hybridized carbons (Fsp3) is 0.238. The molecule has 2 aromatic carbocycles. The van der Waals surface area contributed by atoms with Gasteiger partial charge in [-0.05, 0) is 48.2 Å². The van der Waals surface area contributed by atoms with E-state index < -0.39 is 0 Å². The number of pyridine rings is 1. The summed E-state index contributed by atoms with van der Waals surface area (Å²) < 4.78 is 0. The zero-order chi connectivity index (χ0) is 17.4. The third-order valence-corrected chi connectivity index (χ3v) is 4.98. The molecule has 0 radical (unpaired) electrons. The van der Waals surface area contributed by atoms with Crippen LogP contribution in [0.3, 0.4) is 0 Å². The molecule has 126 valence electrons. The van der Waals surface area contributed by atoms with E-state index in [9.17, 15) is 9.59 Å². The third-order valence-electron chi connectivity index (χ3n) is 4.98. The van der Waals surface area contributed by atoms with E-state index in [1.54, 1.807) is 12.1 Å². The van der Waals surface area contributed by atoms with Crippen LogP contribution in [-0.2, 0) is 0 Å². The number of carbonyl (C=O) groups is 1. The molecular formula is C21H20N2O2. The summed E-state index contributed by atoms with van der Waals surface area (Å²) in [5.41, 5.74) is 1.83. The molecular weight excluding hydrogens is 312 g/mol. The van der Waals surface area contributed by atoms with Gasteiger partial charge in [-0.1, -0.05) is 42.5 Å². The van der Waals surface area contributed by atoms with Gasteiger partial charge < -0.3 is 9.88 Å². The highest BCUT2D eigenvalue weighted by Crippen LogP contribution is 2.36. The van der Waals surface area contributed by atoms with E-state index in [1.807, 2.05) is 30.0 Å². The number of rotatable bonds is 2. The molecule has 1 aromatic heterocycles. The predicted octanol–water partition coefficient (Wildman–Crippen LogP) is 3.81. The molecule has 1 aliphatic rings. The van der Waals surface area contributed by atoms with Gasteiger partial charge >= 0.3 is 0 Å². The van der Waals surface area contributed by atoms with E-state index in [0.29, 0.717) is 6.54 Å². The Kier molecular flexibility index (Phi) is 3.88. The van der Waals surface area contributed by atoms with E-state index >= 15 is 0 Å². The van der Waals surface area contributed by atoms with Crippen LogP contribution >= 0.6 is 0 Å². The Morgan fingerprint density at radius 3 is 2.72 bits per heavy atom. The summed E-state index contributed by atoms with van der Waals surface area (Å²) in [7, 11) is 0. The molecule has 4 nitrogen and oxygen atoms in total. The number of H-pyrrole nitrogens is 1. The van der Waals surface area contributed by atoms with Gasteiger partial charge in [0.25, 0.3) is 11.5 Å². The SMILES string of the molecule is Cc1ccc(C(=O)N2CCC[C@H]2c2cccc3ccccc23)c(=O)[nH]1. The molecule has 1 amide bonds. The smallest absolute Gasteiger partial charge is 0.260 e. The Balaban J connectivity index is 1.75. The number of amides is 1. The first-order valence-electron chi connectivity index (χ1n) is 8.64. The topological polar surface area (TPSA) is 53.2 Å². The quantitative estimate of drug-likeness (QED) is 0.776. The first-order chi connectivity index (χ1) is 12.1. The number of nitrogens with zero attached hydrogens (tertiary/aromatic N) is 1. The number of aromatic amines is 1. The van der Waals surface area contributed by atoms with E-state index in [4.69, 9.17) is 0 Å². The summed E-state index contributed by atoms with van der Waals surface area (Å²) in [5, 5.41) is 2.35. The van der Waals surface area contributed by atoms with Crippen molar-refractivity contribution in [2.75, 3.05) is 6.54 Å². The summed E-state index contributed by atoms with van der Waals surface area (Å²) in [4.78, 5) is 29.8. The van der Waals surface area contributed by atoms with Gasteiger partial charge in [0.1, 0.15) is 5.56 Å². The molecule has 4 heteroatoms. The maximum Gasteiger partial charge on any atom is 0.260 e. The summed E-state index contributed by atoms with van der Waals surface area (Å²) in [6.07, 6.45) is 1.87. The maximum atomic E-state index is 13.0. The number of hydrogen-bond acceptors (Lipinski definition) is 2. The van der Waals surface area contributed by atoms with Crippen LogP contribution in [0.5, 0.6) is 0 Å². The molecule has 0 saturated carbocycles. The zero-order valence-corrected chi connectivity index (χ0v) is 14.2. The number of fused-ring (bicyclic) bond motifs is 1. The van der Waals surface area contributed by atoms with Crippen molar-refractivity contribution in [2.24, 2.45) is 0 Å². The van der Waals surface area contributed by atoms with Gasteiger partial charge in [-0.25, -0.2) is 0 Å². The first kappa shape index (κ1) is 15.6. The number of hydrogen-bond donors (Lipinski definition) is 1. The van der Waals surface area contributed by atoms with Crippen LogP contribution in [0, 0.1) is 6.92 Å². The minimum atomic E-state index is -0.312. The lowest BCUT2D eigenvalue weighted by Gasteiger charge is -2.26. The molecule has 25 heavy (non-hydrogen) atoms. The Hall–Kier alpha value is -2.88. The van der Waals surface area contributed by atoms with E-state index in [1.165, 1.54) is 10.8 Å². The largest absolute Gasteiger partial charge is 0.331 e. The Labute approximate surface area is 146 Å². The van der Waals surface area contributed by atoms with Crippen molar-refractivity contribution in [3.63, 3.8) is 0 Å². The molecule has 0 spiro atoms. The Morgan fingerprint density at radius 2 is 1.88 bits per heavy atom. The third kappa shape index (κ3) is 2.74.